The van der Waals surface area contributed by atoms with E-state index in [1.807, 2.05) is 0 Å². The zero-order valence-electron chi connectivity index (χ0n) is 39.7. The summed E-state index contributed by atoms with van der Waals surface area (Å²) in [5.74, 6) is -0.326. The number of nitrogens with two attached hydrogens (primary N) is 2. The van der Waals surface area contributed by atoms with E-state index in [-0.39, 0.29) is 51.2 Å². The normalized spacial score (nSPS) is 30.0. The van der Waals surface area contributed by atoms with Crippen LogP contribution in [-0.4, -0.2) is 165 Å². The van der Waals surface area contributed by atoms with Crippen LogP contribution in [0.15, 0.2) is 34.9 Å². The lowest BCUT2D eigenvalue weighted by molar-refractivity contribution is -0.745. The molecule has 0 amide bonds. The van der Waals surface area contributed by atoms with E-state index >= 15 is 0 Å². The number of phosphoric ester groups is 2. The van der Waals surface area contributed by atoms with Crippen LogP contribution >= 0.6 is 30.2 Å². The third-order valence-electron chi connectivity index (χ3n) is 12.0. The van der Waals surface area contributed by atoms with Crippen LogP contribution in [0.25, 0.3) is 33.5 Å². The van der Waals surface area contributed by atoms with Gasteiger partial charge in [-0.05, 0) is 0 Å². The first kappa shape index (κ1) is 57.0. The predicted molar refractivity (Wildman–Crippen MR) is 247 cm³/mol. The van der Waals surface area contributed by atoms with Gasteiger partial charge in [0, 0.05) is 21.3 Å². The molecule has 0 spiro atoms. The van der Waals surface area contributed by atoms with Crippen molar-refractivity contribution in [1.82, 2.24) is 53.6 Å². The molecule has 3 fully saturated rings. The quantitative estimate of drug-likeness (QED) is 0.0246. The van der Waals surface area contributed by atoms with Crippen molar-refractivity contribution >= 4 is 93.2 Å². The van der Waals surface area contributed by atoms with Crippen LogP contribution in [0.5, 0.6) is 0 Å². The second-order valence-electron chi connectivity index (χ2n) is 16.8. The minimum atomic E-state index is -6.53. The van der Waals surface area contributed by atoms with Gasteiger partial charge in [0.1, 0.15) is 73.5 Å². The maximum absolute atomic E-state index is 14.0. The third kappa shape index (κ3) is 11.5. The summed E-state index contributed by atoms with van der Waals surface area (Å²) in [6, 6.07) is 0. The van der Waals surface area contributed by atoms with Gasteiger partial charge in [0.05, 0.1) is 39.5 Å². The standard InChI is InChI=1S/C34H47N15O23P4S/c1-37-24-15-25(39-8-38-24)47(9-40-15)32-23(63-4)22(70-76(61,77)66-5-12-18(50)19(51)30(67-12)48-10-41-16-26(48)42-33(35)44-28(16)53)14(69-32)7-65-74(57,58)72-75(59,60)71-73(55,56)64-6-13-21(62-3)20(52)31(68-13)49-11-46(2)17-27(49)43-34(36)45-29(17)54/h8-14,18-23,30-32,50-52H,5-7H2,1-4H3,(H10-,35,36,37,38,39,42,43,44,45,53,54,55,56,57,58,59,60,61,77)/p-3/t12-,13-,14-,18?,19+,20?,21+,22?,23+,30-,31-,32-,76?/m1/s1. The first-order valence-electron chi connectivity index (χ1n) is 21.9. The molecule has 6 aromatic rings. The molecule has 0 saturated carbocycles. The Hall–Kier alpha value is -4.73. The fourth-order valence-electron chi connectivity index (χ4n) is 8.70. The van der Waals surface area contributed by atoms with Gasteiger partial charge in [0.2, 0.25) is 17.7 Å². The minimum Gasteiger partial charge on any atom is -0.780 e. The number of nitrogens with zero attached hydrogens (tertiary/aromatic N) is 10. The number of aryl methyl sites for hydroxylation is 1. The summed E-state index contributed by atoms with van der Waals surface area (Å²) in [5, 5.41) is 35.7. The number of rotatable bonds is 21. The molecule has 10 N–H and O–H groups in total. The van der Waals surface area contributed by atoms with Crippen LogP contribution in [0, 0.1) is 0 Å². The van der Waals surface area contributed by atoms with E-state index in [0.717, 1.165) is 31.4 Å². The van der Waals surface area contributed by atoms with Crippen LogP contribution in [0.3, 0.4) is 0 Å². The number of hydrogen-bond acceptors (Lipinski definition) is 33. The Morgan fingerprint density at radius 1 is 0.740 bits per heavy atom. The lowest BCUT2D eigenvalue weighted by atomic mass is 10.1. The summed E-state index contributed by atoms with van der Waals surface area (Å²) in [4.78, 5) is 107. The molecule has 43 heteroatoms. The van der Waals surface area contributed by atoms with Crippen LogP contribution in [0.4, 0.5) is 17.7 Å². The van der Waals surface area contributed by atoms with E-state index in [1.165, 1.54) is 33.4 Å². The SMILES string of the molecule is CNc1ncnc2c1ncn2[C@@H]1O[C@H](COP(=O)([O-])OP(=O)([O-])OP(=O)([O-])OC[C@H]2O[C@@H]([n+]3cn(C)c4c(=O)[nH]c(N)nc43)C(O)[C@H]2OC)C(OP([O-])(=S)OC[C@H]2O[C@@H](n3cnc4c(=O)[nH]c(N)nc43)[C@@H](O)C2O)[C@@H]1OC. The van der Waals surface area contributed by atoms with Gasteiger partial charge in [0.25, 0.3) is 40.5 Å². The van der Waals surface area contributed by atoms with Crippen molar-refractivity contribution in [3.05, 3.63) is 46.0 Å². The van der Waals surface area contributed by atoms with Crippen molar-refractivity contribution in [2.45, 2.75) is 73.6 Å². The lowest BCUT2D eigenvalue weighted by Gasteiger charge is -2.36. The molecule has 3 aliphatic heterocycles. The van der Waals surface area contributed by atoms with Crippen molar-refractivity contribution in [2.24, 2.45) is 7.05 Å². The molecule has 422 valence electrons. The highest BCUT2D eigenvalue weighted by Gasteiger charge is 2.51. The van der Waals surface area contributed by atoms with Gasteiger partial charge in [-0.25, -0.2) is 33.1 Å². The van der Waals surface area contributed by atoms with Crippen molar-refractivity contribution in [3.63, 3.8) is 0 Å². The number of aliphatic hydroxyl groups is 3. The molecular weight excluding hydrogens is 1140 g/mol. The number of hydrogen-bond donors (Lipinski definition) is 8. The van der Waals surface area contributed by atoms with E-state index in [0.29, 0.717) is 0 Å². The minimum absolute atomic E-state index is 0.00771. The van der Waals surface area contributed by atoms with Crippen molar-refractivity contribution in [2.75, 3.05) is 57.9 Å². The second kappa shape index (κ2) is 21.7. The highest BCUT2D eigenvalue weighted by molar-refractivity contribution is 8.06. The number of aromatic amines is 2. The van der Waals surface area contributed by atoms with Gasteiger partial charge < -0.3 is 93.5 Å². The number of fused-ring (bicyclic) bond motifs is 3. The van der Waals surface area contributed by atoms with Gasteiger partial charge in [0.15, 0.2) is 41.4 Å². The molecular formula is C34H44N15O23P4S-3. The van der Waals surface area contributed by atoms with E-state index in [1.54, 1.807) is 7.05 Å². The second-order valence-corrected chi connectivity index (χ2v) is 24.0. The van der Waals surface area contributed by atoms with E-state index in [4.69, 9.17) is 60.5 Å². The first-order chi connectivity index (χ1) is 36.2. The number of nitrogen functional groups attached to an aromatic ring is 2. The van der Waals surface area contributed by atoms with Gasteiger partial charge in [-0.1, -0.05) is 16.8 Å². The van der Waals surface area contributed by atoms with Crippen LogP contribution in [-0.2, 0) is 83.0 Å². The van der Waals surface area contributed by atoms with Gasteiger partial charge in [-0.2, -0.15) is 4.98 Å². The number of nitrogens with one attached hydrogen (secondary N) is 3. The fraction of sp³-hybridized carbons (Fsp3) is 0.559. The Balaban J connectivity index is 0.872. The number of ether oxygens (including phenoxy) is 5. The fourth-order valence-corrected chi connectivity index (χ4v) is 13.5. The van der Waals surface area contributed by atoms with E-state index < -0.39 is 135 Å². The summed E-state index contributed by atoms with van der Waals surface area (Å²) in [7, 11) is -13.6. The summed E-state index contributed by atoms with van der Waals surface area (Å²) >= 11 is 5.18. The van der Waals surface area contributed by atoms with Crippen LogP contribution in [0.2, 0.25) is 0 Å². The molecule has 38 nitrogen and oxygen atoms in total. The van der Waals surface area contributed by atoms with Crippen molar-refractivity contribution in [1.29, 1.82) is 0 Å². The summed E-state index contributed by atoms with van der Waals surface area (Å²) in [6.45, 7) is -8.12. The lowest BCUT2D eigenvalue weighted by Crippen LogP contribution is -2.46. The first-order valence-corrected chi connectivity index (χ1v) is 28.9. The van der Waals surface area contributed by atoms with E-state index in [2.05, 4.69) is 58.3 Å². The van der Waals surface area contributed by atoms with Crippen LogP contribution in [0.1, 0.15) is 18.7 Å². The Morgan fingerprint density at radius 3 is 1.97 bits per heavy atom. The number of aliphatic hydroxyl groups excluding tert-OH is 3. The highest BCUT2D eigenvalue weighted by atomic mass is 32.5. The highest BCUT2D eigenvalue weighted by Crippen LogP contribution is 2.63. The molecule has 3 saturated heterocycles. The molecule has 0 bridgehead atoms. The molecule has 16 atom stereocenters. The molecule has 7 unspecified atom stereocenters. The van der Waals surface area contributed by atoms with E-state index in [9.17, 15) is 58.2 Å². The zero-order chi connectivity index (χ0) is 55.7. The summed E-state index contributed by atoms with van der Waals surface area (Å²) in [5.41, 5.74) is 9.97. The molecule has 9 heterocycles. The topological polar surface area (TPSA) is 531 Å². The number of phosphoric acid groups is 3. The molecule has 0 radical (unpaired) electrons. The Labute approximate surface area is 433 Å². The summed E-state index contributed by atoms with van der Waals surface area (Å²) < 4.78 is 101. The Morgan fingerprint density at radius 2 is 1.32 bits per heavy atom. The predicted octanol–water partition coefficient (Wildman–Crippen LogP) is -6.01. The molecule has 77 heavy (non-hydrogen) atoms. The Kier molecular flexibility index (Phi) is 16.1. The Bertz CT molecular complexity index is 3510. The van der Waals surface area contributed by atoms with Gasteiger partial charge in [-0.15, -0.1) is 0 Å². The summed E-state index contributed by atoms with van der Waals surface area (Å²) in [6.07, 6.45) is -14.0. The molecule has 0 aliphatic carbocycles. The molecule has 9 rings (SSSR count). The monoisotopic (exact) mass is 1190 g/mol. The molecule has 6 aromatic heterocycles. The number of methoxy groups -OCH3 is 2. The molecule has 0 aromatic carbocycles. The maximum atomic E-state index is 14.0. The average molecular weight is 1190 g/mol. The van der Waals surface area contributed by atoms with Crippen molar-refractivity contribution in [3.8, 4) is 0 Å². The third-order valence-corrected chi connectivity index (χ3v) is 17.6. The number of imidazole rings is 3. The van der Waals surface area contributed by atoms with Crippen LogP contribution < -0.4 is 52.0 Å². The number of anilines is 3. The maximum Gasteiger partial charge on any atom is 0.313 e. The van der Waals surface area contributed by atoms with Crippen molar-refractivity contribution < 1.29 is 104 Å². The zero-order valence-corrected chi connectivity index (χ0v) is 44.1. The largest absolute Gasteiger partial charge is 0.780 e. The average Bonchev–Trinajstić information content (AvgIpc) is 4.21. The number of aromatic nitrogens is 12. The number of H-pyrrole nitrogens is 2. The van der Waals surface area contributed by atoms with Gasteiger partial charge >= 0.3 is 5.65 Å². The smallest absolute Gasteiger partial charge is 0.313 e. The van der Waals surface area contributed by atoms with Gasteiger partial charge in [-0.3, -0.25) is 47.0 Å². The molecule has 3 aliphatic rings.